The van der Waals surface area contributed by atoms with Crippen molar-refractivity contribution in [2.75, 3.05) is 24.5 Å². The zero-order chi connectivity index (χ0) is 15.2. The van der Waals surface area contributed by atoms with Crippen molar-refractivity contribution in [3.05, 3.63) is 29.8 Å². The lowest BCUT2D eigenvalue weighted by molar-refractivity contribution is -0.118. The molecule has 1 spiro atoms. The second-order valence-electron chi connectivity index (χ2n) is 7.56. The van der Waals surface area contributed by atoms with Crippen LogP contribution in [0.4, 0.5) is 5.69 Å². The molecule has 1 amide bonds. The number of aryl methyl sites for hydroxylation is 1. The number of piperidine rings is 1. The number of amides is 1. The molecule has 1 aliphatic carbocycles. The van der Waals surface area contributed by atoms with Crippen molar-refractivity contribution in [1.29, 1.82) is 0 Å². The molecule has 0 N–H and O–H groups in total. The maximum Gasteiger partial charge on any atom is 0.228 e. The molecule has 2 saturated heterocycles. The van der Waals surface area contributed by atoms with E-state index in [0.717, 1.165) is 18.2 Å². The predicted octanol–water partition coefficient (Wildman–Crippen LogP) is 3.37. The van der Waals surface area contributed by atoms with Gasteiger partial charge in [0.25, 0.3) is 0 Å². The van der Waals surface area contributed by atoms with E-state index in [1.54, 1.807) is 0 Å². The molecule has 0 bridgehead atoms. The summed E-state index contributed by atoms with van der Waals surface area (Å²) < 4.78 is 0. The first-order chi connectivity index (χ1) is 10.7. The summed E-state index contributed by atoms with van der Waals surface area (Å²) in [5.74, 6) is 1.21. The minimum atomic E-state index is 0.114. The Hall–Kier alpha value is -1.35. The lowest BCUT2D eigenvalue weighted by Crippen LogP contribution is -2.54. The summed E-state index contributed by atoms with van der Waals surface area (Å²) in [6, 6.07) is 8.41. The Balaban J connectivity index is 1.57. The Morgan fingerprint density at radius 1 is 1.18 bits per heavy atom. The quantitative estimate of drug-likeness (QED) is 0.854. The van der Waals surface area contributed by atoms with Crippen molar-refractivity contribution in [1.82, 2.24) is 4.90 Å². The summed E-state index contributed by atoms with van der Waals surface area (Å²) >= 11 is 0. The number of carbonyl (C=O) groups is 1. The molecule has 0 aromatic heterocycles. The van der Waals surface area contributed by atoms with Crippen LogP contribution in [0.3, 0.4) is 0 Å². The van der Waals surface area contributed by atoms with Gasteiger partial charge in [-0.15, -0.1) is 0 Å². The molecule has 3 nitrogen and oxygen atoms in total. The highest BCUT2D eigenvalue weighted by atomic mass is 16.2. The molecule has 0 radical (unpaired) electrons. The first-order valence-electron chi connectivity index (χ1n) is 8.78. The van der Waals surface area contributed by atoms with E-state index in [-0.39, 0.29) is 5.54 Å². The minimum absolute atomic E-state index is 0.114. The maximum absolute atomic E-state index is 12.7. The number of rotatable bonds is 3. The first-order valence-corrected chi connectivity index (χ1v) is 8.78. The third kappa shape index (κ3) is 2.56. The van der Waals surface area contributed by atoms with Crippen LogP contribution in [0.5, 0.6) is 0 Å². The average Bonchev–Trinajstić information content (AvgIpc) is 3.27. The van der Waals surface area contributed by atoms with Gasteiger partial charge < -0.3 is 4.90 Å². The van der Waals surface area contributed by atoms with Crippen molar-refractivity contribution in [3.8, 4) is 0 Å². The molecule has 3 aliphatic rings. The maximum atomic E-state index is 12.7. The molecule has 3 fully saturated rings. The monoisotopic (exact) mass is 298 g/mol. The largest absolute Gasteiger partial charge is 0.310 e. The van der Waals surface area contributed by atoms with Crippen LogP contribution >= 0.6 is 0 Å². The number of nitrogens with zero attached hydrogens (tertiary/aromatic N) is 2. The van der Waals surface area contributed by atoms with Crippen molar-refractivity contribution >= 4 is 11.6 Å². The highest BCUT2D eigenvalue weighted by molar-refractivity contribution is 5.97. The third-order valence-electron chi connectivity index (χ3n) is 5.75. The van der Waals surface area contributed by atoms with E-state index < -0.39 is 0 Å². The van der Waals surface area contributed by atoms with Crippen LogP contribution in [0.2, 0.25) is 0 Å². The normalized spacial score (nSPS) is 29.5. The Morgan fingerprint density at radius 2 is 1.95 bits per heavy atom. The van der Waals surface area contributed by atoms with E-state index in [9.17, 15) is 4.79 Å². The van der Waals surface area contributed by atoms with Gasteiger partial charge in [0.2, 0.25) is 5.91 Å². The molecule has 2 aliphatic heterocycles. The van der Waals surface area contributed by atoms with Gasteiger partial charge in [-0.3, -0.25) is 9.69 Å². The number of anilines is 1. The Bertz CT molecular complexity index is 563. The molecule has 4 rings (SSSR count). The van der Waals surface area contributed by atoms with Gasteiger partial charge in [0.1, 0.15) is 0 Å². The molecule has 2 heterocycles. The molecule has 118 valence electrons. The first kappa shape index (κ1) is 14.3. The van der Waals surface area contributed by atoms with Gasteiger partial charge in [0.15, 0.2) is 0 Å². The topological polar surface area (TPSA) is 23.6 Å². The molecular weight excluding hydrogens is 272 g/mol. The Morgan fingerprint density at radius 3 is 2.68 bits per heavy atom. The van der Waals surface area contributed by atoms with Crippen molar-refractivity contribution < 1.29 is 4.79 Å². The molecule has 1 unspecified atom stereocenters. The van der Waals surface area contributed by atoms with E-state index in [0.29, 0.717) is 12.3 Å². The zero-order valence-corrected chi connectivity index (χ0v) is 13.6. The van der Waals surface area contributed by atoms with Gasteiger partial charge in [-0.2, -0.15) is 0 Å². The lowest BCUT2D eigenvalue weighted by Gasteiger charge is -2.44. The Labute approximate surface area is 133 Å². The van der Waals surface area contributed by atoms with Gasteiger partial charge in [-0.1, -0.05) is 24.1 Å². The van der Waals surface area contributed by atoms with E-state index in [2.05, 4.69) is 36.1 Å². The molecule has 1 aromatic rings. The minimum Gasteiger partial charge on any atom is -0.310 e. The van der Waals surface area contributed by atoms with Crippen molar-refractivity contribution in [3.63, 3.8) is 0 Å². The molecular formula is C19H26N2O. The predicted molar refractivity (Wildman–Crippen MR) is 89.0 cm³/mol. The van der Waals surface area contributed by atoms with Gasteiger partial charge in [-0.25, -0.2) is 0 Å². The number of carbonyl (C=O) groups excluding carboxylic acids is 1. The van der Waals surface area contributed by atoms with Gasteiger partial charge in [-0.05, 0) is 57.2 Å². The lowest BCUT2D eigenvalue weighted by atomic mass is 9.85. The molecule has 22 heavy (non-hydrogen) atoms. The summed E-state index contributed by atoms with van der Waals surface area (Å²) in [6.45, 7) is 5.39. The van der Waals surface area contributed by atoms with Crippen LogP contribution in [0.15, 0.2) is 24.3 Å². The fourth-order valence-corrected chi connectivity index (χ4v) is 4.20. The molecule has 1 atom stereocenters. The van der Waals surface area contributed by atoms with Crippen LogP contribution in [0.25, 0.3) is 0 Å². The molecule has 1 aromatic carbocycles. The number of hydrogen-bond donors (Lipinski definition) is 0. The van der Waals surface area contributed by atoms with E-state index >= 15 is 0 Å². The van der Waals surface area contributed by atoms with Crippen LogP contribution in [0, 0.1) is 12.8 Å². The van der Waals surface area contributed by atoms with Gasteiger partial charge in [0, 0.05) is 30.7 Å². The summed E-state index contributed by atoms with van der Waals surface area (Å²) in [5.41, 5.74) is 2.44. The van der Waals surface area contributed by atoms with E-state index in [1.807, 2.05) is 4.90 Å². The standard InChI is InChI=1S/C19H26N2O/c1-15-4-8-17(9-5-15)21-14-19(12-18(21)22)10-2-3-11-20(19)13-16-6-7-16/h4-5,8-9,16H,2-3,6-7,10-14H2,1H3. The average molecular weight is 298 g/mol. The van der Waals surface area contributed by atoms with Gasteiger partial charge >= 0.3 is 0 Å². The van der Waals surface area contributed by atoms with Crippen molar-refractivity contribution in [2.24, 2.45) is 5.92 Å². The molecule has 1 saturated carbocycles. The van der Waals surface area contributed by atoms with E-state index in [4.69, 9.17) is 0 Å². The molecule has 3 heteroatoms. The number of benzene rings is 1. The Kier molecular flexibility index (Phi) is 3.48. The third-order valence-corrected chi connectivity index (χ3v) is 5.75. The summed E-state index contributed by atoms with van der Waals surface area (Å²) in [4.78, 5) is 17.4. The summed E-state index contributed by atoms with van der Waals surface area (Å²) in [6.07, 6.45) is 7.26. The fourth-order valence-electron chi connectivity index (χ4n) is 4.20. The zero-order valence-electron chi connectivity index (χ0n) is 13.6. The highest BCUT2D eigenvalue weighted by Gasteiger charge is 2.49. The summed E-state index contributed by atoms with van der Waals surface area (Å²) in [7, 11) is 0. The van der Waals surface area contributed by atoms with E-state index in [1.165, 1.54) is 50.8 Å². The van der Waals surface area contributed by atoms with Crippen LogP contribution in [-0.2, 0) is 4.79 Å². The smallest absolute Gasteiger partial charge is 0.228 e. The van der Waals surface area contributed by atoms with Crippen molar-refractivity contribution in [2.45, 2.75) is 51.0 Å². The fraction of sp³-hybridized carbons (Fsp3) is 0.632. The number of hydrogen-bond acceptors (Lipinski definition) is 2. The summed E-state index contributed by atoms with van der Waals surface area (Å²) in [5, 5.41) is 0. The van der Waals surface area contributed by atoms with Crippen LogP contribution in [0.1, 0.15) is 44.1 Å². The highest BCUT2D eigenvalue weighted by Crippen LogP contribution is 2.41. The number of likely N-dealkylation sites (tertiary alicyclic amines) is 1. The second kappa shape index (κ2) is 5.38. The van der Waals surface area contributed by atoms with Crippen LogP contribution in [-0.4, -0.2) is 36.0 Å². The van der Waals surface area contributed by atoms with Crippen LogP contribution < -0.4 is 4.90 Å². The van der Waals surface area contributed by atoms with Gasteiger partial charge in [0.05, 0.1) is 0 Å². The second-order valence-corrected chi connectivity index (χ2v) is 7.56. The SMILES string of the molecule is Cc1ccc(N2CC3(CCCCN3CC3CC3)CC2=O)cc1.